The molecule has 152 valence electrons. The number of anilines is 1. The average molecular weight is 458 g/mol. The zero-order valence-corrected chi connectivity index (χ0v) is 17.5. The van der Waals surface area contributed by atoms with Crippen molar-refractivity contribution in [3.63, 3.8) is 0 Å². The van der Waals surface area contributed by atoms with Crippen molar-refractivity contribution in [2.24, 2.45) is 0 Å². The Morgan fingerprint density at radius 1 is 1.21 bits per heavy atom. The maximum Gasteiger partial charge on any atom is 0.309 e. The minimum absolute atomic E-state index is 0.144. The van der Waals surface area contributed by atoms with E-state index >= 15 is 0 Å². The Morgan fingerprint density at radius 2 is 1.86 bits per heavy atom. The fourth-order valence-corrected chi connectivity index (χ4v) is 3.31. The first-order valence-electron chi connectivity index (χ1n) is 8.34. The SMILES string of the molecule is Cc1nn(C(C)C(=O)Nc2nn(Cc3c(Cl)cccc3Cl)cc2Cl)cc1[N+](=O)[O-]. The summed E-state index contributed by atoms with van der Waals surface area (Å²) < 4.78 is 2.72. The van der Waals surface area contributed by atoms with Crippen molar-refractivity contribution < 1.29 is 9.72 Å². The van der Waals surface area contributed by atoms with Crippen LogP contribution in [0.15, 0.2) is 30.6 Å². The summed E-state index contributed by atoms with van der Waals surface area (Å²) in [4.78, 5) is 23.0. The second-order valence-electron chi connectivity index (χ2n) is 6.23. The second kappa shape index (κ2) is 8.40. The molecule has 3 aromatic rings. The molecule has 0 bridgehead atoms. The van der Waals surface area contributed by atoms with Crippen molar-refractivity contribution in [2.45, 2.75) is 26.4 Å². The molecule has 1 N–H and O–H groups in total. The molecule has 0 aliphatic carbocycles. The minimum atomic E-state index is -0.818. The lowest BCUT2D eigenvalue weighted by Gasteiger charge is -2.11. The van der Waals surface area contributed by atoms with Crippen molar-refractivity contribution >= 4 is 52.2 Å². The molecule has 3 rings (SSSR count). The molecule has 1 aromatic carbocycles. The van der Waals surface area contributed by atoms with Crippen LogP contribution in [0.25, 0.3) is 0 Å². The van der Waals surface area contributed by atoms with Crippen LogP contribution in [0.1, 0.15) is 24.2 Å². The molecule has 0 saturated carbocycles. The van der Waals surface area contributed by atoms with Crippen molar-refractivity contribution in [3.8, 4) is 0 Å². The molecule has 2 aromatic heterocycles. The average Bonchev–Trinajstić information content (AvgIpc) is 3.20. The monoisotopic (exact) mass is 456 g/mol. The van der Waals surface area contributed by atoms with E-state index < -0.39 is 16.9 Å². The summed E-state index contributed by atoms with van der Waals surface area (Å²) in [6.07, 6.45) is 2.74. The molecule has 0 aliphatic rings. The standard InChI is InChI=1S/C17H15Cl3N6O3/c1-9-15(26(28)29)8-25(22-9)10(2)17(27)21-16-14(20)7-24(23-16)6-11-12(18)4-3-5-13(11)19/h3-5,7-8,10H,6H2,1-2H3,(H,21,23,27). The van der Waals surface area contributed by atoms with Crippen molar-refractivity contribution in [1.82, 2.24) is 19.6 Å². The number of nitro groups is 1. The van der Waals surface area contributed by atoms with Gasteiger partial charge in [0.1, 0.15) is 23.0 Å². The van der Waals surface area contributed by atoms with Crippen molar-refractivity contribution in [3.05, 3.63) is 67.0 Å². The van der Waals surface area contributed by atoms with Gasteiger partial charge >= 0.3 is 5.69 Å². The first-order chi connectivity index (χ1) is 13.7. The van der Waals surface area contributed by atoms with Crippen LogP contribution >= 0.6 is 34.8 Å². The van der Waals surface area contributed by atoms with Gasteiger partial charge in [-0.1, -0.05) is 40.9 Å². The Morgan fingerprint density at radius 3 is 2.45 bits per heavy atom. The molecule has 0 radical (unpaired) electrons. The molecule has 9 nitrogen and oxygen atoms in total. The van der Waals surface area contributed by atoms with Gasteiger partial charge in [-0.2, -0.15) is 10.2 Å². The predicted molar refractivity (Wildman–Crippen MR) is 110 cm³/mol. The van der Waals surface area contributed by atoms with Crippen LogP contribution in [0, 0.1) is 17.0 Å². The number of nitrogens with one attached hydrogen (secondary N) is 1. The Labute approximate surface area is 180 Å². The number of carbonyl (C=O) groups is 1. The summed E-state index contributed by atoms with van der Waals surface area (Å²) in [5.41, 5.74) is 0.720. The lowest BCUT2D eigenvalue weighted by Crippen LogP contribution is -2.24. The minimum Gasteiger partial charge on any atom is -0.306 e. The van der Waals surface area contributed by atoms with E-state index in [0.717, 1.165) is 0 Å². The highest BCUT2D eigenvalue weighted by molar-refractivity contribution is 6.36. The summed E-state index contributed by atoms with van der Waals surface area (Å²) >= 11 is 18.5. The number of halogens is 3. The maximum absolute atomic E-state index is 12.5. The highest BCUT2D eigenvalue weighted by atomic mass is 35.5. The molecule has 0 spiro atoms. The van der Waals surface area contributed by atoms with Crippen molar-refractivity contribution in [1.29, 1.82) is 0 Å². The normalized spacial score (nSPS) is 12.0. The summed E-state index contributed by atoms with van der Waals surface area (Å²) in [7, 11) is 0. The third-order valence-electron chi connectivity index (χ3n) is 4.20. The van der Waals surface area contributed by atoms with Gasteiger partial charge < -0.3 is 5.32 Å². The van der Waals surface area contributed by atoms with E-state index in [1.807, 2.05) is 0 Å². The van der Waals surface area contributed by atoms with Gasteiger partial charge in [0.05, 0.1) is 11.5 Å². The molecule has 12 heteroatoms. The largest absolute Gasteiger partial charge is 0.309 e. The Hall–Kier alpha value is -2.62. The first-order valence-corrected chi connectivity index (χ1v) is 9.47. The second-order valence-corrected chi connectivity index (χ2v) is 7.45. The molecular weight excluding hydrogens is 443 g/mol. The van der Waals surface area contributed by atoms with Crippen LogP contribution in [-0.2, 0) is 11.3 Å². The maximum atomic E-state index is 12.5. The van der Waals surface area contributed by atoms with Gasteiger partial charge in [0.2, 0.25) is 5.91 Å². The third kappa shape index (κ3) is 4.52. The number of nitrogens with zero attached hydrogens (tertiary/aromatic N) is 5. The molecule has 0 aliphatic heterocycles. The number of benzene rings is 1. The fourth-order valence-electron chi connectivity index (χ4n) is 2.60. The fraction of sp³-hybridized carbons (Fsp3) is 0.235. The van der Waals surface area contributed by atoms with Gasteiger partial charge in [0, 0.05) is 21.8 Å². The highest BCUT2D eigenvalue weighted by Crippen LogP contribution is 2.27. The van der Waals surface area contributed by atoms with E-state index in [1.165, 1.54) is 28.7 Å². The van der Waals surface area contributed by atoms with E-state index in [2.05, 4.69) is 15.5 Å². The number of aryl methyl sites for hydroxylation is 1. The molecule has 29 heavy (non-hydrogen) atoms. The topological polar surface area (TPSA) is 108 Å². The number of aromatic nitrogens is 4. The molecule has 0 saturated heterocycles. The Balaban J connectivity index is 1.76. The third-order valence-corrected chi connectivity index (χ3v) is 5.19. The van der Waals surface area contributed by atoms with E-state index in [4.69, 9.17) is 34.8 Å². The lowest BCUT2D eigenvalue weighted by molar-refractivity contribution is -0.385. The number of hydrogen-bond acceptors (Lipinski definition) is 5. The number of hydrogen-bond donors (Lipinski definition) is 1. The van der Waals surface area contributed by atoms with Gasteiger partial charge in [-0.25, -0.2) is 0 Å². The van der Waals surface area contributed by atoms with Gasteiger partial charge in [-0.3, -0.25) is 24.3 Å². The summed E-state index contributed by atoms with van der Waals surface area (Å²) in [5, 5.41) is 23.0. The van der Waals surface area contributed by atoms with Crippen LogP contribution in [0.5, 0.6) is 0 Å². The smallest absolute Gasteiger partial charge is 0.306 e. The van der Waals surface area contributed by atoms with Crippen LogP contribution < -0.4 is 5.32 Å². The van der Waals surface area contributed by atoms with Gasteiger partial charge in [-0.05, 0) is 26.0 Å². The van der Waals surface area contributed by atoms with E-state index in [9.17, 15) is 14.9 Å². The molecular formula is C17H15Cl3N6O3. The number of rotatable bonds is 6. The lowest BCUT2D eigenvalue weighted by atomic mass is 10.2. The van der Waals surface area contributed by atoms with Crippen LogP contribution in [0.3, 0.4) is 0 Å². The van der Waals surface area contributed by atoms with Gasteiger partial charge in [0.15, 0.2) is 5.82 Å². The number of carbonyl (C=O) groups excluding carboxylic acids is 1. The summed E-state index contributed by atoms with van der Waals surface area (Å²) in [6.45, 7) is 3.31. The summed E-state index contributed by atoms with van der Waals surface area (Å²) in [5.74, 6) is -0.338. The van der Waals surface area contributed by atoms with Gasteiger partial charge in [0.25, 0.3) is 0 Å². The zero-order chi connectivity index (χ0) is 21.3. The van der Waals surface area contributed by atoms with E-state index in [1.54, 1.807) is 25.1 Å². The predicted octanol–water partition coefficient (Wildman–Crippen LogP) is 4.50. The molecule has 1 atom stereocenters. The molecule has 0 fully saturated rings. The molecule has 1 unspecified atom stereocenters. The van der Waals surface area contributed by atoms with Gasteiger partial charge in [-0.15, -0.1) is 0 Å². The Bertz CT molecular complexity index is 1070. The quantitative estimate of drug-likeness (QED) is 0.433. The molecule has 1 amide bonds. The number of amides is 1. The first kappa shape index (κ1) is 21.1. The van der Waals surface area contributed by atoms with E-state index in [0.29, 0.717) is 15.6 Å². The van der Waals surface area contributed by atoms with Crippen LogP contribution in [0.4, 0.5) is 11.5 Å². The summed E-state index contributed by atoms with van der Waals surface area (Å²) in [6, 6.07) is 4.34. The molecule has 2 heterocycles. The zero-order valence-electron chi connectivity index (χ0n) is 15.3. The van der Waals surface area contributed by atoms with E-state index in [-0.39, 0.29) is 28.8 Å². The highest BCUT2D eigenvalue weighted by Gasteiger charge is 2.23. The van der Waals surface area contributed by atoms with Crippen molar-refractivity contribution in [2.75, 3.05) is 5.32 Å². The van der Waals surface area contributed by atoms with Crippen LogP contribution in [0.2, 0.25) is 15.1 Å². The Kier molecular flexibility index (Phi) is 6.11. The van der Waals surface area contributed by atoms with Crippen LogP contribution in [-0.4, -0.2) is 30.4 Å².